The van der Waals surface area contributed by atoms with E-state index in [4.69, 9.17) is 5.73 Å². The Balaban J connectivity index is 1.60. The van der Waals surface area contributed by atoms with Crippen LogP contribution in [0.15, 0.2) is 48.5 Å². The molecule has 132 valence electrons. The van der Waals surface area contributed by atoms with Crippen molar-refractivity contribution in [1.82, 2.24) is 5.32 Å². The fraction of sp³-hybridized carbons (Fsp3) is 0.278. The maximum absolute atomic E-state index is 12.3. The predicted molar refractivity (Wildman–Crippen MR) is 99.1 cm³/mol. The molecule has 0 radical (unpaired) electrons. The molecule has 2 aromatic rings. The molecule has 1 aliphatic rings. The molecule has 1 saturated heterocycles. The van der Waals surface area contributed by atoms with Crippen LogP contribution in [0.25, 0.3) is 0 Å². The number of carbonyl (C=O) groups is 1. The molecule has 1 amide bonds. The molecule has 0 unspecified atom stereocenters. The van der Waals surface area contributed by atoms with Gasteiger partial charge in [-0.15, -0.1) is 0 Å². The van der Waals surface area contributed by atoms with Crippen molar-refractivity contribution in [3.05, 3.63) is 59.7 Å². The van der Waals surface area contributed by atoms with Gasteiger partial charge in [-0.05, 0) is 42.3 Å². The number of nitrogen functional groups attached to an aromatic ring is 1. The zero-order valence-corrected chi connectivity index (χ0v) is 14.6. The average Bonchev–Trinajstić information content (AvgIpc) is 2.93. The topological polar surface area (TPSA) is 101 Å². The van der Waals surface area contributed by atoms with Crippen molar-refractivity contribution in [3.8, 4) is 0 Å². The van der Waals surface area contributed by atoms with Crippen molar-refractivity contribution in [2.24, 2.45) is 0 Å². The third-order valence-electron chi connectivity index (χ3n) is 4.17. The van der Waals surface area contributed by atoms with Gasteiger partial charge in [0, 0.05) is 29.5 Å². The average molecular weight is 359 g/mol. The van der Waals surface area contributed by atoms with E-state index in [1.165, 1.54) is 0 Å². The second kappa shape index (κ2) is 7.14. The van der Waals surface area contributed by atoms with E-state index in [1.807, 2.05) is 30.3 Å². The van der Waals surface area contributed by atoms with Crippen molar-refractivity contribution in [1.29, 1.82) is 0 Å². The summed E-state index contributed by atoms with van der Waals surface area (Å²) in [5, 5.41) is 6.06. The van der Waals surface area contributed by atoms with Crippen LogP contribution in [0.5, 0.6) is 0 Å². The summed E-state index contributed by atoms with van der Waals surface area (Å²) in [6.07, 6.45) is 0.475. The third kappa shape index (κ3) is 4.73. The minimum Gasteiger partial charge on any atom is -0.399 e. The fourth-order valence-corrected chi connectivity index (χ4v) is 4.46. The van der Waals surface area contributed by atoms with E-state index in [-0.39, 0.29) is 23.5 Å². The lowest BCUT2D eigenvalue weighted by molar-refractivity contribution is 0.0941. The molecule has 6 nitrogen and oxygen atoms in total. The Morgan fingerprint density at radius 1 is 1.16 bits per heavy atom. The van der Waals surface area contributed by atoms with Crippen LogP contribution in [0.4, 0.5) is 11.4 Å². The lowest BCUT2D eigenvalue weighted by Crippen LogP contribution is -2.35. The highest BCUT2D eigenvalue weighted by molar-refractivity contribution is 7.91. The molecule has 1 fully saturated rings. The standard InChI is InChI=1S/C18H21N3O3S/c19-15-6-4-13(5-7-15)11-20-16-3-1-2-14(10-16)18(22)21-17-8-9-25(23,24)12-17/h1-7,10,17,20H,8-9,11-12,19H2,(H,21,22)/t17-/m0/s1. The summed E-state index contributed by atoms with van der Waals surface area (Å²) in [4.78, 5) is 12.3. The Morgan fingerprint density at radius 2 is 1.92 bits per heavy atom. The van der Waals surface area contributed by atoms with E-state index in [2.05, 4.69) is 10.6 Å². The molecular formula is C18H21N3O3S. The quantitative estimate of drug-likeness (QED) is 0.707. The Bertz CT molecular complexity index is 863. The molecule has 1 atom stereocenters. The van der Waals surface area contributed by atoms with E-state index < -0.39 is 9.84 Å². The van der Waals surface area contributed by atoms with E-state index in [1.54, 1.807) is 18.2 Å². The van der Waals surface area contributed by atoms with Crippen LogP contribution in [-0.4, -0.2) is 31.9 Å². The number of nitrogens with one attached hydrogen (secondary N) is 2. The lowest BCUT2D eigenvalue weighted by Gasteiger charge is -2.12. The van der Waals surface area contributed by atoms with Crippen molar-refractivity contribution in [2.75, 3.05) is 22.6 Å². The van der Waals surface area contributed by atoms with Crippen LogP contribution in [0.3, 0.4) is 0 Å². The zero-order chi connectivity index (χ0) is 17.9. The molecule has 1 heterocycles. The van der Waals surface area contributed by atoms with Gasteiger partial charge in [0.15, 0.2) is 9.84 Å². The molecule has 3 rings (SSSR count). The molecule has 0 saturated carbocycles. The summed E-state index contributed by atoms with van der Waals surface area (Å²) < 4.78 is 23.0. The Labute approximate surface area is 147 Å². The summed E-state index contributed by atoms with van der Waals surface area (Å²) >= 11 is 0. The van der Waals surface area contributed by atoms with E-state index >= 15 is 0 Å². The van der Waals surface area contributed by atoms with Gasteiger partial charge in [-0.3, -0.25) is 4.79 Å². The second-order valence-corrected chi connectivity index (χ2v) is 8.48. The number of hydrogen-bond donors (Lipinski definition) is 3. The zero-order valence-electron chi connectivity index (χ0n) is 13.7. The monoisotopic (exact) mass is 359 g/mol. The molecule has 7 heteroatoms. The Hall–Kier alpha value is -2.54. The highest BCUT2D eigenvalue weighted by atomic mass is 32.2. The molecule has 4 N–H and O–H groups in total. The van der Waals surface area contributed by atoms with Crippen molar-refractivity contribution in [2.45, 2.75) is 19.0 Å². The first-order valence-corrected chi connectivity index (χ1v) is 9.93. The van der Waals surface area contributed by atoms with E-state index in [0.717, 1.165) is 16.9 Å². The first-order chi connectivity index (χ1) is 11.9. The van der Waals surface area contributed by atoms with Gasteiger partial charge in [0.2, 0.25) is 0 Å². The summed E-state index contributed by atoms with van der Waals surface area (Å²) in [6, 6.07) is 14.4. The second-order valence-electron chi connectivity index (χ2n) is 6.25. The number of benzene rings is 2. The van der Waals surface area contributed by atoms with Crippen LogP contribution in [0.1, 0.15) is 22.3 Å². The molecule has 1 aliphatic heterocycles. The van der Waals surface area contributed by atoms with Crippen LogP contribution < -0.4 is 16.4 Å². The number of carbonyl (C=O) groups excluding carboxylic acids is 1. The Morgan fingerprint density at radius 3 is 2.60 bits per heavy atom. The van der Waals surface area contributed by atoms with E-state index in [9.17, 15) is 13.2 Å². The molecular weight excluding hydrogens is 338 g/mol. The number of anilines is 2. The van der Waals surface area contributed by atoms with Crippen molar-refractivity contribution < 1.29 is 13.2 Å². The number of sulfone groups is 1. The van der Waals surface area contributed by atoms with E-state index in [0.29, 0.717) is 18.5 Å². The van der Waals surface area contributed by atoms with Crippen LogP contribution in [0, 0.1) is 0 Å². The lowest BCUT2D eigenvalue weighted by atomic mass is 10.1. The highest BCUT2D eigenvalue weighted by Gasteiger charge is 2.29. The normalized spacial score (nSPS) is 18.6. The number of rotatable bonds is 5. The molecule has 25 heavy (non-hydrogen) atoms. The largest absolute Gasteiger partial charge is 0.399 e. The summed E-state index contributed by atoms with van der Waals surface area (Å²) in [7, 11) is -3.01. The van der Waals surface area contributed by atoms with Crippen molar-refractivity contribution in [3.63, 3.8) is 0 Å². The first kappa shape index (κ1) is 17.3. The van der Waals surface area contributed by atoms with Gasteiger partial charge in [0.1, 0.15) is 0 Å². The van der Waals surface area contributed by atoms with Gasteiger partial charge in [0.05, 0.1) is 11.5 Å². The van der Waals surface area contributed by atoms with Crippen molar-refractivity contribution >= 4 is 27.1 Å². The van der Waals surface area contributed by atoms with Crippen LogP contribution in [0.2, 0.25) is 0 Å². The number of hydrogen-bond acceptors (Lipinski definition) is 5. The maximum atomic E-state index is 12.3. The summed E-state index contributed by atoms with van der Waals surface area (Å²) in [5.41, 5.74) is 8.80. The minimum absolute atomic E-state index is 0.0216. The van der Waals surface area contributed by atoms with Crippen LogP contribution in [-0.2, 0) is 16.4 Å². The SMILES string of the molecule is Nc1ccc(CNc2cccc(C(=O)N[C@H]3CCS(=O)(=O)C3)c2)cc1. The predicted octanol–water partition coefficient (Wildman–Crippen LogP) is 1.80. The molecule has 2 aromatic carbocycles. The fourth-order valence-electron chi connectivity index (χ4n) is 2.79. The summed E-state index contributed by atoms with van der Waals surface area (Å²) in [6.45, 7) is 0.617. The first-order valence-electron chi connectivity index (χ1n) is 8.11. The molecule has 0 spiro atoms. The summed E-state index contributed by atoms with van der Waals surface area (Å²) in [5.74, 6) is -0.0900. The smallest absolute Gasteiger partial charge is 0.251 e. The number of amides is 1. The molecule has 0 aromatic heterocycles. The van der Waals surface area contributed by atoms with Gasteiger partial charge in [-0.2, -0.15) is 0 Å². The minimum atomic E-state index is -3.01. The maximum Gasteiger partial charge on any atom is 0.251 e. The van der Waals surface area contributed by atoms with Crippen LogP contribution >= 0.6 is 0 Å². The van der Waals surface area contributed by atoms with Gasteiger partial charge in [-0.25, -0.2) is 8.42 Å². The van der Waals surface area contributed by atoms with Gasteiger partial charge < -0.3 is 16.4 Å². The number of nitrogens with two attached hydrogens (primary N) is 1. The Kier molecular flexibility index (Phi) is 4.94. The molecule has 0 bridgehead atoms. The highest BCUT2D eigenvalue weighted by Crippen LogP contribution is 2.15. The molecule has 0 aliphatic carbocycles. The van der Waals surface area contributed by atoms with Gasteiger partial charge >= 0.3 is 0 Å². The van der Waals surface area contributed by atoms with Gasteiger partial charge in [0.25, 0.3) is 5.91 Å². The van der Waals surface area contributed by atoms with Gasteiger partial charge in [-0.1, -0.05) is 18.2 Å². The third-order valence-corrected chi connectivity index (χ3v) is 5.94.